The van der Waals surface area contributed by atoms with Crippen LogP contribution in [0, 0.1) is 12.7 Å². The Morgan fingerprint density at radius 2 is 2.19 bits per heavy atom. The summed E-state index contributed by atoms with van der Waals surface area (Å²) in [6.07, 6.45) is 3.53. The molecule has 1 aliphatic heterocycles. The van der Waals surface area contributed by atoms with Crippen molar-refractivity contribution < 1.29 is 32.5 Å². The van der Waals surface area contributed by atoms with Crippen molar-refractivity contribution in [3.63, 3.8) is 0 Å². The molecule has 3 N–H and O–H groups in total. The first-order valence-electron chi connectivity index (χ1n) is 10.1. The van der Waals surface area contributed by atoms with E-state index in [-0.39, 0.29) is 47.9 Å². The predicted molar refractivity (Wildman–Crippen MR) is 111 cm³/mol. The standard InChI is InChI=1S/C22H22F3N3O4/c1-11-6-12(23)2-5-15(11)20(30)16-7-26-21-18(16)19(17(8-27-21)32-22(24)25)28-13-3-4-14(9-29)31-10-13/h2,5-8,13-14,22,29H,3-4,9-10H2,1H3,(H2,26,27,28)/t13-,14+/m1/s1. The van der Waals surface area contributed by atoms with Gasteiger partial charge >= 0.3 is 6.61 Å². The highest BCUT2D eigenvalue weighted by molar-refractivity contribution is 6.19. The Bertz CT molecular complexity index is 1130. The maximum atomic E-state index is 13.5. The fourth-order valence-electron chi connectivity index (χ4n) is 3.88. The molecule has 7 nitrogen and oxygen atoms in total. The highest BCUT2D eigenvalue weighted by atomic mass is 19.3. The van der Waals surface area contributed by atoms with Crippen LogP contribution in [0.15, 0.2) is 30.6 Å². The summed E-state index contributed by atoms with van der Waals surface area (Å²) in [4.78, 5) is 20.3. The average Bonchev–Trinajstić information content (AvgIpc) is 3.19. The molecule has 1 fully saturated rings. The first kappa shape index (κ1) is 22.1. The van der Waals surface area contributed by atoms with Crippen LogP contribution in [0.4, 0.5) is 18.9 Å². The Morgan fingerprint density at radius 1 is 1.38 bits per heavy atom. The van der Waals surface area contributed by atoms with E-state index >= 15 is 0 Å². The van der Waals surface area contributed by atoms with Crippen molar-refractivity contribution in [3.05, 3.63) is 53.1 Å². The normalized spacial score (nSPS) is 18.8. The second kappa shape index (κ2) is 9.17. The average molecular weight is 449 g/mol. The summed E-state index contributed by atoms with van der Waals surface area (Å²) < 4.78 is 49.9. The lowest BCUT2D eigenvalue weighted by Gasteiger charge is -2.30. The Kier molecular flexibility index (Phi) is 6.33. The highest BCUT2D eigenvalue weighted by Crippen LogP contribution is 2.37. The number of aliphatic hydroxyl groups is 1. The van der Waals surface area contributed by atoms with Crippen molar-refractivity contribution in [2.75, 3.05) is 18.5 Å². The van der Waals surface area contributed by atoms with Crippen molar-refractivity contribution in [2.45, 2.75) is 38.5 Å². The fourth-order valence-corrected chi connectivity index (χ4v) is 3.88. The number of hydrogen-bond acceptors (Lipinski definition) is 6. The first-order valence-corrected chi connectivity index (χ1v) is 10.1. The van der Waals surface area contributed by atoms with Gasteiger partial charge in [-0.2, -0.15) is 8.78 Å². The SMILES string of the molecule is Cc1cc(F)ccc1C(=O)c1c[nH]c2ncc(OC(F)F)c(N[C@@H]3CC[C@@H](CO)OC3)c12. The van der Waals surface area contributed by atoms with Crippen LogP contribution in [-0.4, -0.2) is 52.8 Å². The molecule has 3 aromatic rings. The number of pyridine rings is 1. The van der Waals surface area contributed by atoms with Gasteiger partial charge in [-0.1, -0.05) is 0 Å². The van der Waals surface area contributed by atoms with Crippen molar-refractivity contribution in [2.24, 2.45) is 0 Å². The third-order valence-electron chi connectivity index (χ3n) is 5.48. The Labute approximate surface area is 181 Å². The molecule has 1 aromatic carbocycles. The number of carbonyl (C=O) groups is 1. The van der Waals surface area contributed by atoms with Gasteiger partial charge in [-0.05, 0) is 43.5 Å². The van der Waals surface area contributed by atoms with E-state index in [4.69, 9.17) is 4.74 Å². The number of aromatic nitrogens is 2. The second-order valence-electron chi connectivity index (χ2n) is 7.65. The molecule has 0 saturated carbocycles. The number of hydrogen-bond donors (Lipinski definition) is 3. The number of halogens is 3. The van der Waals surface area contributed by atoms with Gasteiger partial charge in [-0.25, -0.2) is 9.37 Å². The molecule has 2 aromatic heterocycles. The third kappa shape index (κ3) is 4.42. The van der Waals surface area contributed by atoms with Crippen LogP contribution < -0.4 is 10.1 Å². The summed E-state index contributed by atoms with van der Waals surface area (Å²) in [5.74, 6) is -1.08. The van der Waals surface area contributed by atoms with Gasteiger partial charge in [0, 0.05) is 17.8 Å². The van der Waals surface area contributed by atoms with Gasteiger partial charge in [0.1, 0.15) is 11.5 Å². The third-order valence-corrected chi connectivity index (χ3v) is 5.48. The molecule has 0 amide bonds. The quantitative estimate of drug-likeness (QED) is 0.475. The summed E-state index contributed by atoms with van der Waals surface area (Å²) in [5.41, 5.74) is 1.42. The van der Waals surface area contributed by atoms with Gasteiger partial charge in [-0.3, -0.25) is 4.79 Å². The number of nitrogens with one attached hydrogen (secondary N) is 2. The second-order valence-corrected chi connectivity index (χ2v) is 7.65. The molecule has 0 bridgehead atoms. The van der Waals surface area contributed by atoms with Crippen LogP contribution in [-0.2, 0) is 4.74 Å². The van der Waals surface area contributed by atoms with Crippen molar-refractivity contribution >= 4 is 22.5 Å². The lowest BCUT2D eigenvalue weighted by molar-refractivity contribution is -0.0497. The van der Waals surface area contributed by atoms with Gasteiger partial charge in [0.05, 0.1) is 42.2 Å². The molecular weight excluding hydrogens is 427 g/mol. The molecule has 1 saturated heterocycles. The zero-order chi connectivity index (χ0) is 22.8. The number of aliphatic hydroxyl groups excluding tert-OH is 1. The van der Waals surface area contributed by atoms with E-state index in [9.17, 15) is 23.1 Å². The number of alkyl halides is 2. The molecule has 3 heterocycles. The van der Waals surface area contributed by atoms with E-state index in [1.165, 1.54) is 24.4 Å². The fraction of sp³-hybridized carbons (Fsp3) is 0.364. The van der Waals surface area contributed by atoms with Gasteiger partial charge in [0.25, 0.3) is 0 Å². The number of aromatic amines is 1. The van der Waals surface area contributed by atoms with Crippen LogP contribution in [0.1, 0.15) is 34.3 Å². The van der Waals surface area contributed by atoms with Crippen molar-refractivity contribution in [1.82, 2.24) is 9.97 Å². The number of anilines is 1. The molecule has 10 heteroatoms. The van der Waals surface area contributed by atoms with Crippen LogP contribution in [0.3, 0.4) is 0 Å². The number of nitrogens with zero attached hydrogens (tertiary/aromatic N) is 1. The number of ketones is 1. The number of ether oxygens (including phenoxy) is 2. The number of benzene rings is 1. The smallest absolute Gasteiger partial charge is 0.387 e. The van der Waals surface area contributed by atoms with Gasteiger partial charge < -0.3 is 24.9 Å². The molecule has 0 spiro atoms. The topological polar surface area (TPSA) is 96.5 Å². The first-order chi connectivity index (χ1) is 15.4. The number of carbonyl (C=O) groups excluding carboxylic acids is 1. The predicted octanol–water partition coefficient (Wildman–Crippen LogP) is 3.79. The molecular formula is C22H22F3N3O4. The Morgan fingerprint density at radius 3 is 2.84 bits per heavy atom. The van der Waals surface area contributed by atoms with Gasteiger partial charge in [0.2, 0.25) is 0 Å². The Balaban J connectivity index is 1.77. The summed E-state index contributed by atoms with van der Waals surface area (Å²) in [6, 6.07) is 3.57. The zero-order valence-electron chi connectivity index (χ0n) is 17.2. The van der Waals surface area contributed by atoms with Crippen LogP contribution in [0.5, 0.6) is 5.75 Å². The monoisotopic (exact) mass is 449 g/mol. The number of rotatable bonds is 7. The highest BCUT2D eigenvalue weighted by Gasteiger charge is 2.27. The number of aryl methyl sites for hydroxylation is 1. The molecule has 32 heavy (non-hydrogen) atoms. The molecule has 0 aliphatic carbocycles. The summed E-state index contributed by atoms with van der Waals surface area (Å²) in [7, 11) is 0. The lowest BCUT2D eigenvalue weighted by atomic mass is 9.98. The minimum Gasteiger partial charge on any atom is -0.431 e. The van der Waals surface area contributed by atoms with E-state index < -0.39 is 18.2 Å². The van der Waals surface area contributed by atoms with Crippen molar-refractivity contribution in [3.8, 4) is 5.75 Å². The van der Waals surface area contributed by atoms with E-state index in [0.717, 1.165) is 6.20 Å². The molecule has 1 aliphatic rings. The molecule has 2 atom stereocenters. The van der Waals surface area contributed by atoms with Crippen molar-refractivity contribution in [1.29, 1.82) is 0 Å². The van der Waals surface area contributed by atoms with E-state index in [1.54, 1.807) is 6.92 Å². The summed E-state index contributed by atoms with van der Waals surface area (Å²) >= 11 is 0. The van der Waals surface area contributed by atoms with Crippen LogP contribution >= 0.6 is 0 Å². The molecule has 0 unspecified atom stereocenters. The minimum absolute atomic E-state index is 0.0978. The zero-order valence-corrected chi connectivity index (χ0v) is 17.2. The lowest BCUT2D eigenvalue weighted by Crippen LogP contribution is -2.36. The maximum Gasteiger partial charge on any atom is 0.387 e. The maximum absolute atomic E-state index is 13.5. The van der Waals surface area contributed by atoms with Gasteiger partial charge in [0.15, 0.2) is 11.5 Å². The van der Waals surface area contributed by atoms with Crippen LogP contribution in [0.2, 0.25) is 0 Å². The number of fused-ring (bicyclic) bond motifs is 1. The number of H-pyrrole nitrogens is 1. The van der Waals surface area contributed by atoms with Gasteiger partial charge in [-0.15, -0.1) is 0 Å². The summed E-state index contributed by atoms with van der Waals surface area (Å²) in [6.45, 7) is -1.33. The Hall–Kier alpha value is -3.11. The summed E-state index contributed by atoms with van der Waals surface area (Å²) in [5, 5.41) is 12.7. The van der Waals surface area contributed by atoms with E-state index in [0.29, 0.717) is 29.4 Å². The van der Waals surface area contributed by atoms with Crippen LogP contribution in [0.25, 0.3) is 11.0 Å². The molecule has 0 radical (unpaired) electrons. The molecule has 4 rings (SSSR count). The van der Waals surface area contributed by atoms with E-state index in [2.05, 4.69) is 20.0 Å². The minimum atomic E-state index is -3.09. The van der Waals surface area contributed by atoms with E-state index in [1.807, 2.05) is 0 Å². The molecule has 170 valence electrons. The largest absolute Gasteiger partial charge is 0.431 e.